The van der Waals surface area contributed by atoms with Gasteiger partial charge in [-0.2, -0.15) is 13.2 Å². The smallest absolute Gasteiger partial charge is 0.417 e. The number of fused-ring (bicyclic) bond motifs is 5. The Labute approximate surface area is 195 Å². The molecule has 0 radical (unpaired) electrons. The van der Waals surface area contributed by atoms with Crippen molar-refractivity contribution in [3.05, 3.63) is 63.9 Å². The van der Waals surface area contributed by atoms with Gasteiger partial charge in [0.05, 0.1) is 39.2 Å². The number of aryl methyl sites for hydroxylation is 1. The van der Waals surface area contributed by atoms with Gasteiger partial charge < -0.3 is 9.84 Å². The second-order valence-electron chi connectivity index (χ2n) is 9.73. The van der Waals surface area contributed by atoms with E-state index in [0.717, 1.165) is 24.5 Å². The molecule has 0 unspecified atom stereocenters. The molecule has 2 heterocycles. The third-order valence-electron chi connectivity index (χ3n) is 7.68. The van der Waals surface area contributed by atoms with E-state index in [1.807, 2.05) is 26.8 Å². The summed E-state index contributed by atoms with van der Waals surface area (Å²) in [5.41, 5.74) is 0.429. The van der Waals surface area contributed by atoms with E-state index in [1.54, 1.807) is 12.1 Å². The van der Waals surface area contributed by atoms with Crippen LogP contribution in [0.2, 0.25) is 5.02 Å². The molecule has 0 saturated carbocycles. The number of hydrogen-bond donors (Lipinski definition) is 1. The lowest BCUT2D eigenvalue weighted by atomic mass is 9.68. The zero-order valence-corrected chi connectivity index (χ0v) is 19.3. The third kappa shape index (κ3) is 3.17. The standard InChI is InChI=1S/C26H24ClF3O3/c1-4-13-5-6-14(15-7-8-18(27)17(12-15)26(28,29)30)11-16(13)19-22(31)20-21(23(19)32)25(3)10-9-24(20,2)33-25/h5-8,11-12,20-21,31H,4,9-10H2,1-3H3/t20-,21+,24-,25+/m1/s1. The molecule has 33 heavy (non-hydrogen) atoms. The minimum absolute atomic E-state index is 0.0369. The molecular weight excluding hydrogens is 453 g/mol. The summed E-state index contributed by atoms with van der Waals surface area (Å²) in [5.74, 6) is -0.969. The number of aliphatic hydroxyl groups excluding tert-OH is 1. The molecule has 1 N–H and O–H groups in total. The first kappa shape index (κ1) is 22.5. The number of Topliss-reactive ketones (excluding diaryl/α,β-unsaturated/α-hetero) is 1. The molecule has 7 heteroatoms. The van der Waals surface area contributed by atoms with Crippen LogP contribution in [0, 0.1) is 11.8 Å². The van der Waals surface area contributed by atoms with Crippen LogP contribution >= 0.6 is 11.6 Å². The number of aliphatic hydroxyl groups is 1. The zero-order chi connectivity index (χ0) is 23.9. The molecule has 2 aliphatic heterocycles. The minimum atomic E-state index is -4.58. The van der Waals surface area contributed by atoms with Gasteiger partial charge in [-0.25, -0.2) is 0 Å². The van der Waals surface area contributed by atoms with Crippen molar-refractivity contribution in [1.82, 2.24) is 0 Å². The topological polar surface area (TPSA) is 46.5 Å². The molecule has 174 valence electrons. The van der Waals surface area contributed by atoms with Crippen LogP contribution in [0.25, 0.3) is 16.7 Å². The Hall–Kier alpha value is -2.31. The summed E-state index contributed by atoms with van der Waals surface area (Å²) in [4.78, 5) is 13.6. The second-order valence-corrected chi connectivity index (χ2v) is 10.1. The first-order valence-electron chi connectivity index (χ1n) is 11.1. The molecule has 1 aliphatic carbocycles. The van der Waals surface area contributed by atoms with Gasteiger partial charge in [0, 0.05) is 0 Å². The average molecular weight is 477 g/mol. The molecule has 2 aromatic rings. The molecule has 5 rings (SSSR count). The third-order valence-corrected chi connectivity index (χ3v) is 8.01. The van der Waals surface area contributed by atoms with Crippen LogP contribution in [-0.2, 0) is 22.1 Å². The number of rotatable bonds is 3. The average Bonchev–Trinajstić information content (AvgIpc) is 3.30. The Bertz CT molecular complexity index is 1220. The Kier molecular flexibility index (Phi) is 4.83. The highest BCUT2D eigenvalue weighted by molar-refractivity contribution is 6.31. The lowest BCUT2D eigenvalue weighted by molar-refractivity contribution is -0.137. The van der Waals surface area contributed by atoms with Gasteiger partial charge >= 0.3 is 6.18 Å². The number of alkyl halides is 3. The summed E-state index contributed by atoms with van der Waals surface area (Å²) >= 11 is 5.79. The van der Waals surface area contributed by atoms with Crippen molar-refractivity contribution in [2.75, 3.05) is 0 Å². The maximum atomic E-state index is 13.6. The summed E-state index contributed by atoms with van der Waals surface area (Å²) in [6.45, 7) is 5.81. The largest absolute Gasteiger partial charge is 0.511 e. The molecule has 2 fully saturated rings. The van der Waals surface area contributed by atoms with Crippen LogP contribution in [0.15, 0.2) is 42.2 Å². The summed E-state index contributed by atoms with van der Waals surface area (Å²) in [6.07, 6.45) is -2.46. The van der Waals surface area contributed by atoms with E-state index in [9.17, 15) is 23.1 Å². The van der Waals surface area contributed by atoms with Crippen LogP contribution in [0.5, 0.6) is 0 Å². The highest BCUT2D eigenvalue weighted by Crippen LogP contribution is 2.63. The number of ether oxygens (including phenoxy) is 1. The first-order valence-corrected chi connectivity index (χ1v) is 11.5. The van der Waals surface area contributed by atoms with E-state index in [-0.39, 0.29) is 22.1 Å². The van der Waals surface area contributed by atoms with Crippen LogP contribution in [0.1, 0.15) is 50.3 Å². The van der Waals surface area contributed by atoms with Crippen molar-refractivity contribution in [1.29, 1.82) is 0 Å². The van der Waals surface area contributed by atoms with Crippen molar-refractivity contribution in [2.24, 2.45) is 11.8 Å². The number of ketones is 1. The predicted octanol–water partition coefficient (Wildman–Crippen LogP) is 7.01. The second kappa shape index (κ2) is 7.09. The number of benzene rings is 2. The predicted molar refractivity (Wildman–Crippen MR) is 120 cm³/mol. The number of carbonyl (C=O) groups excluding carboxylic acids is 1. The normalized spacial score (nSPS) is 30.9. The van der Waals surface area contributed by atoms with Crippen molar-refractivity contribution in [3.63, 3.8) is 0 Å². The Morgan fingerprint density at radius 1 is 1.06 bits per heavy atom. The van der Waals surface area contributed by atoms with Crippen LogP contribution in [0.3, 0.4) is 0 Å². The fourth-order valence-electron chi connectivity index (χ4n) is 6.08. The van der Waals surface area contributed by atoms with Gasteiger partial charge in [0.15, 0.2) is 5.78 Å². The van der Waals surface area contributed by atoms with E-state index < -0.39 is 34.8 Å². The Balaban J connectivity index is 1.65. The lowest BCUT2D eigenvalue weighted by Gasteiger charge is -2.30. The van der Waals surface area contributed by atoms with Gasteiger partial charge in [0.2, 0.25) is 0 Å². The quantitative estimate of drug-likeness (QED) is 0.518. The fraction of sp³-hybridized carbons (Fsp3) is 0.423. The Morgan fingerprint density at radius 2 is 1.67 bits per heavy atom. The van der Waals surface area contributed by atoms with Crippen molar-refractivity contribution >= 4 is 23.0 Å². The van der Waals surface area contributed by atoms with Crippen LogP contribution < -0.4 is 0 Å². The molecule has 0 aromatic heterocycles. The minimum Gasteiger partial charge on any atom is -0.511 e. The highest BCUT2D eigenvalue weighted by atomic mass is 35.5. The van der Waals surface area contributed by atoms with E-state index in [1.165, 1.54) is 12.1 Å². The van der Waals surface area contributed by atoms with Gasteiger partial charge in [-0.05, 0) is 73.6 Å². The number of allylic oxidation sites excluding steroid dienone is 1. The van der Waals surface area contributed by atoms with E-state index in [2.05, 4.69) is 0 Å². The fourth-order valence-corrected chi connectivity index (χ4v) is 6.30. The molecule has 0 amide bonds. The summed E-state index contributed by atoms with van der Waals surface area (Å²) in [5, 5.41) is 10.9. The number of halogens is 4. The van der Waals surface area contributed by atoms with Gasteiger partial charge in [0.1, 0.15) is 5.76 Å². The van der Waals surface area contributed by atoms with Gasteiger partial charge in [0.25, 0.3) is 0 Å². The molecule has 2 aromatic carbocycles. The molecule has 4 atom stereocenters. The summed E-state index contributed by atoms with van der Waals surface area (Å²) in [6, 6.07) is 9.02. The molecule has 2 bridgehead atoms. The molecule has 2 saturated heterocycles. The number of carbonyl (C=O) groups is 1. The van der Waals surface area contributed by atoms with Gasteiger partial charge in [-0.3, -0.25) is 4.79 Å². The van der Waals surface area contributed by atoms with E-state index >= 15 is 0 Å². The highest BCUT2D eigenvalue weighted by Gasteiger charge is 2.69. The molecule has 0 spiro atoms. The van der Waals surface area contributed by atoms with Crippen molar-refractivity contribution in [2.45, 2.75) is 57.4 Å². The maximum absolute atomic E-state index is 13.6. The SMILES string of the molecule is CCc1ccc(-c2ccc(Cl)c(C(F)(F)F)c2)cc1C1=C(O)[C@H]2[C@@H](C1=O)[C@]1(C)CC[C@@]2(C)O1. The van der Waals surface area contributed by atoms with E-state index in [4.69, 9.17) is 16.3 Å². The van der Waals surface area contributed by atoms with Gasteiger partial charge in [-0.15, -0.1) is 0 Å². The first-order chi connectivity index (χ1) is 15.4. The van der Waals surface area contributed by atoms with Crippen molar-refractivity contribution in [3.8, 4) is 11.1 Å². The van der Waals surface area contributed by atoms with Crippen molar-refractivity contribution < 1.29 is 27.8 Å². The number of hydrogen-bond acceptors (Lipinski definition) is 3. The zero-order valence-electron chi connectivity index (χ0n) is 18.5. The molecule has 3 aliphatic rings. The van der Waals surface area contributed by atoms with Crippen LogP contribution in [0.4, 0.5) is 13.2 Å². The summed E-state index contributed by atoms with van der Waals surface area (Å²) < 4.78 is 46.4. The monoisotopic (exact) mass is 476 g/mol. The van der Waals surface area contributed by atoms with Crippen LogP contribution in [-0.4, -0.2) is 22.1 Å². The Morgan fingerprint density at radius 3 is 2.27 bits per heavy atom. The molecular formula is C26H24ClF3O3. The van der Waals surface area contributed by atoms with E-state index in [0.29, 0.717) is 23.1 Å². The lowest BCUT2D eigenvalue weighted by Crippen LogP contribution is -2.39. The summed E-state index contributed by atoms with van der Waals surface area (Å²) in [7, 11) is 0. The molecule has 3 nitrogen and oxygen atoms in total. The maximum Gasteiger partial charge on any atom is 0.417 e. The van der Waals surface area contributed by atoms with Gasteiger partial charge in [-0.1, -0.05) is 36.7 Å².